The number of rotatable bonds is 19. The van der Waals surface area contributed by atoms with E-state index in [0.717, 1.165) is 0 Å². The number of benzene rings is 1. The van der Waals surface area contributed by atoms with Crippen molar-refractivity contribution in [3.8, 4) is 5.75 Å². The lowest BCUT2D eigenvalue weighted by atomic mass is 10.2. The molecule has 1 aromatic carbocycles. The van der Waals surface area contributed by atoms with Crippen molar-refractivity contribution in [3.05, 3.63) is 24.3 Å². The second-order valence-corrected chi connectivity index (χ2v) is 7.88. The molecule has 0 aliphatic heterocycles. The minimum Gasteiger partial charge on any atom is -0.489 e. The number of hydrogen-bond donors (Lipinski definition) is 2. The van der Waals surface area contributed by atoms with Gasteiger partial charge in [0.1, 0.15) is 18.0 Å². The Labute approximate surface area is 196 Å². The molecule has 0 unspecified atom stereocenters. The molecule has 0 heterocycles. The molecule has 0 saturated heterocycles. The molecule has 0 saturated carbocycles. The van der Waals surface area contributed by atoms with Crippen LogP contribution in [0.15, 0.2) is 24.3 Å². The number of carbonyl (C=O) groups is 1. The molecule has 0 aromatic heterocycles. The maximum atomic E-state index is 11.4. The molecule has 0 aliphatic carbocycles. The van der Waals surface area contributed by atoms with Gasteiger partial charge in [0.05, 0.1) is 71.8 Å². The van der Waals surface area contributed by atoms with Crippen molar-refractivity contribution >= 4 is 11.8 Å². The van der Waals surface area contributed by atoms with Crippen LogP contribution in [0, 0.1) is 0 Å². The molecule has 0 aliphatic rings. The third kappa shape index (κ3) is 18.0. The van der Waals surface area contributed by atoms with E-state index >= 15 is 0 Å². The van der Waals surface area contributed by atoms with Crippen molar-refractivity contribution in [1.29, 1.82) is 0 Å². The van der Waals surface area contributed by atoms with Crippen molar-refractivity contribution < 1.29 is 38.0 Å². The predicted octanol–water partition coefficient (Wildman–Crippen LogP) is 2.26. The zero-order chi connectivity index (χ0) is 24.2. The summed E-state index contributed by atoms with van der Waals surface area (Å²) in [5.41, 5.74) is 5.90. The first-order valence-electron chi connectivity index (χ1n) is 11.2. The van der Waals surface area contributed by atoms with Crippen LogP contribution in [-0.4, -0.2) is 90.9 Å². The van der Waals surface area contributed by atoms with Gasteiger partial charge in [-0.3, -0.25) is 0 Å². The largest absolute Gasteiger partial charge is 0.489 e. The summed E-state index contributed by atoms with van der Waals surface area (Å²) in [6, 6.07) is 7.36. The zero-order valence-electron chi connectivity index (χ0n) is 20.1. The van der Waals surface area contributed by atoms with E-state index in [9.17, 15) is 4.79 Å². The molecule has 10 nitrogen and oxygen atoms in total. The Balaban J connectivity index is 1.74. The Morgan fingerprint density at radius 1 is 0.758 bits per heavy atom. The van der Waals surface area contributed by atoms with Gasteiger partial charge in [0.15, 0.2) is 0 Å². The normalized spacial score (nSPS) is 11.4. The first kappa shape index (κ1) is 28.9. The van der Waals surface area contributed by atoms with Crippen LogP contribution in [0.2, 0.25) is 0 Å². The Kier molecular flexibility index (Phi) is 16.1. The number of nitrogens with two attached hydrogens (primary N) is 1. The maximum Gasteiger partial charge on any atom is 0.407 e. The fourth-order valence-corrected chi connectivity index (χ4v) is 2.34. The van der Waals surface area contributed by atoms with E-state index in [1.54, 1.807) is 6.07 Å². The maximum absolute atomic E-state index is 11.4. The van der Waals surface area contributed by atoms with Crippen LogP contribution in [0.4, 0.5) is 10.5 Å². The molecule has 33 heavy (non-hydrogen) atoms. The van der Waals surface area contributed by atoms with Gasteiger partial charge in [-0.2, -0.15) is 0 Å². The fourth-order valence-electron chi connectivity index (χ4n) is 2.34. The van der Waals surface area contributed by atoms with Crippen molar-refractivity contribution in [2.75, 3.05) is 85.0 Å². The molecular formula is C23H40N2O8. The van der Waals surface area contributed by atoms with Crippen molar-refractivity contribution in [1.82, 2.24) is 5.32 Å². The predicted molar refractivity (Wildman–Crippen MR) is 125 cm³/mol. The van der Waals surface area contributed by atoms with Gasteiger partial charge in [-0.05, 0) is 32.9 Å². The summed E-state index contributed by atoms with van der Waals surface area (Å²) in [4.78, 5) is 11.4. The van der Waals surface area contributed by atoms with Crippen molar-refractivity contribution in [2.45, 2.75) is 26.4 Å². The smallest absolute Gasteiger partial charge is 0.407 e. The van der Waals surface area contributed by atoms with Crippen LogP contribution in [0.3, 0.4) is 0 Å². The Bertz CT molecular complexity index is 625. The van der Waals surface area contributed by atoms with Gasteiger partial charge in [0.2, 0.25) is 0 Å². The molecule has 0 spiro atoms. The summed E-state index contributed by atoms with van der Waals surface area (Å²) in [7, 11) is 0. The zero-order valence-corrected chi connectivity index (χ0v) is 20.1. The second kappa shape index (κ2) is 18.3. The Morgan fingerprint density at radius 2 is 1.21 bits per heavy atom. The average Bonchev–Trinajstić information content (AvgIpc) is 2.75. The molecule has 190 valence electrons. The molecule has 0 bridgehead atoms. The molecular weight excluding hydrogens is 432 g/mol. The number of para-hydroxylation sites is 2. The SMILES string of the molecule is CC(C)(C)OC(=O)NCCOCCOCCOCCOCCOCCOc1ccccc1N. The molecule has 1 rings (SSSR count). The second-order valence-electron chi connectivity index (χ2n) is 7.88. The van der Waals surface area contributed by atoms with Crippen LogP contribution in [-0.2, 0) is 28.4 Å². The quantitative estimate of drug-likeness (QED) is 0.231. The number of ether oxygens (including phenoxy) is 7. The number of hydrogen-bond acceptors (Lipinski definition) is 9. The van der Waals surface area contributed by atoms with E-state index in [1.807, 2.05) is 39.0 Å². The lowest BCUT2D eigenvalue weighted by Gasteiger charge is -2.19. The highest BCUT2D eigenvalue weighted by molar-refractivity contribution is 5.67. The van der Waals surface area contributed by atoms with Crippen LogP contribution in [0.5, 0.6) is 5.75 Å². The van der Waals surface area contributed by atoms with Gasteiger partial charge in [0, 0.05) is 6.54 Å². The van der Waals surface area contributed by atoms with E-state index in [0.29, 0.717) is 90.7 Å². The third-order valence-corrected chi connectivity index (χ3v) is 3.81. The van der Waals surface area contributed by atoms with Crippen LogP contribution < -0.4 is 15.8 Å². The monoisotopic (exact) mass is 472 g/mol. The van der Waals surface area contributed by atoms with Crippen LogP contribution >= 0.6 is 0 Å². The molecule has 0 fully saturated rings. The minimum absolute atomic E-state index is 0.389. The Hall–Kier alpha value is -2.11. The molecule has 10 heteroatoms. The van der Waals surface area contributed by atoms with Crippen molar-refractivity contribution in [3.63, 3.8) is 0 Å². The summed E-state index contributed by atoms with van der Waals surface area (Å²) in [6.07, 6.45) is -0.449. The highest BCUT2D eigenvalue weighted by atomic mass is 16.6. The molecule has 0 radical (unpaired) electrons. The van der Waals surface area contributed by atoms with E-state index in [-0.39, 0.29) is 0 Å². The standard InChI is InChI=1S/C23H40N2O8/c1-23(2,3)33-22(26)25-8-9-27-10-11-28-12-13-29-14-15-30-16-17-31-18-19-32-21-7-5-4-6-20(21)24/h4-7H,8-19,24H2,1-3H3,(H,25,26). The van der Waals surface area contributed by atoms with Gasteiger partial charge in [0.25, 0.3) is 0 Å². The van der Waals surface area contributed by atoms with Crippen LogP contribution in [0.25, 0.3) is 0 Å². The summed E-state index contributed by atoms with van der Waals surface area (Å²) in [5, 5.41) is 2.62. The van der Waals surface area contributed by atoms with E-state index < -0.39 is 11.7 Å². The van der Waals surface area contributed by atoms with Gasteiger partial charge in [-0.15, -0.1) is 0 Å². The van der Waals surface area contributed by atoms with E-state index in [1.165, 1.54) is 0 Å². The third-order valence-electron chi connectivity index (χ3n) is 3.81. The first-order chi connectivity index (χ1) is 15.9. The average molecular weight is 473 g/mol. The topological polar surface area (TPSA) is 120 Å². The van der Waals surface area contributed by atoms with Gasteiger partial charge >= 0.3 is 6.09 Å². The van der Waals surface area contributed by atoms with Gasteiger partial charge in [-0.25, -0.2) is 4.79 Å². The first-order valence-corrected chi connectivity index (χ1v) is 11.2. The lowest BCUT2D eigenvalue weighted by molar-refractivity contribution is -0.0126. The summed E-state index contributed by atoms with van der Waals surface area (Å²) >= 11 is 0. The number of amides is 1. The summed E-state index contributed by atoms with van der Waals surface area (Å²) in [5.74, 6) is 0.665. The summed E-state index contributed by atoms with van der Waals surface area (Å²) < 4.78 is 37.7. The van der Waals surface area contributed by atoms with Crippen molar-refractivity contribution in [2.24, 2.45) is 0 Å². The van der Waals surface area contributed by atoms with Gasteiger partial charge in [-0.1, -0.05) is 12.1 Å². The summed E-state index contributed by atoms with van der Waals surface area (Å²) in [6.45, 7) is 11.0. The number of nitrogens with one attached hydrogen (secondary N) is 1. The van der Waals surface area contributed by atoms with E-state index in [4.69, 9.17) is 38.9 Å². The molecule has 3 N–H and O–H groups in total. The Morgan fingerprint density at radius 3 is 1.70 bits per heavy atom. The highest BCUT2D eigenvalue weighted by Crippen LogP contribution is 2.19. The number of anilines is 1. The van der Waals surface area contributed by atoms with Gasteiger partial charge < -0.3 is 44.2 Å². The minimum atomic E-state index is -0.504. The fraction of sp³-hybridized carbons (Fsp3) is 0.696. The van der Waals surface area contributed by atoms with Crippen LogP contribution in [0.1, 0.15) is 20.8 Å². The highest BCUT2D eigenvalue weighted by Gasteiger charge is 2.15. The molecule has 1 amide bonds. The van der Waals surface area contributed by atoms with E-state index in [2.05, 4.69) is 5.32 Å². The number of alkyl carbamates (subject to hydrolysis) is 1. The molecule has 0 atom stereocenters. The molecule has 1 aromatic rings. The lowest BCUT2D eigenvalue weighted by Crippen LogP contribution is -2.34. The number of nitrogen functional groups attached to an aromatic ring is 1. The number of carbonyl (C=O) groups excluding carboxylic acids is 1.